The highest BCUT2D eigenvalue weighted by Crippen LogP contribution is 2.28. The summed E-state index contributed by atoms with van der Waals surface area (Å²) in [6.45, 7) is 6.98. The molecule has 1 heterocycles. The molecule has 1 amide bonds. The van der Waals surface area contributed by atoms with Gasteiger partial charge in [0.05, 0.1) is 5.69 Å². The van der Waals surface area contributed by atoms with Gasteiger partial charge in [0.25, 0.3) is 0 Å². The lowest BCUT2D eigenvalue weighted by atomic mass is 10.1. The number of carbonyl (C=O) groups is 2. The number of carbonyl (C=O) groups excluding carboxylic acids is 2. The molecule has 0 N–H and O–H groups in total. The van der Waals surface area contributed by atoms with Crippen molar-refractivity contribution in [2.75, 3.05) is 26.0 Å². The fraction of sp³-hybridized carbons (Fsp3) is 0.500. The third-order valence-corrected chi connectivity index (χ3v) is 3.93. The largest absolute Gasteiger partial charge is 0.443 e. The average molecular weight is 350 g/mol. The molecule has 0 aliphatic heterocycles. The zero-order valence-corrected chi connectivity index (χ0v) is 15.8. The fourth-order valence-electron chi connectivity index (χ4n) is 1.66. The minimum Gasteiger partial charge on any atom is -0.443 e. The summed E-state index contributed by atoms with van der Waals surface area (Å²) in [6, 6.07) is 1.89. The summed E-state index contributed by atoms with van der Waals surface area (Å²) in [6.07, 6.45) is 0.901. The predicted octanol–water partition coefficient (Wildman–Crippen LogP) is 2.97. The zero-order chi connectivity index (χ0) is 18.7. The van der Waals surface area contributed by atoms with Gasteiger partial charge < -0.3 is 9.64 Å². The molecule has 130 valence electrons. The number of anilines is 1. The molecule has 0 bridgehead atoms. The van der Waals surface area contributed by atoms with Gasteiger partial charge in [0.1, 0.15) is 22.1 Å². The van der Waals surface area contributed by atoms with E-state index in [0.717, 1.165) is 11.3 Å². The molecule has 8 heteroatoms. The number of ketones is 1. The fourth-order valence-corrected chi connectivity index (χ4v) is 2.64. The molecule has 1 rings (SSSR count). The Morgan fingerprint density at radius 1 is 1.29 bits per heavy atom. The van der Waals surface area contributed by atoms with E-state index in [1.807, 2.05) is 6.07 Å². The summed E-state index contributed by atoms with van der Waals surface area (Å²) in [5.41, 5.74) is -0.146. The van der Waals surface area contributed by atoms with E-state index in [0.29, 0.717) is 15.7 Å². The molecule has 1 aromatic rings. The summed E-state index contributed by atoms with van der Waals surface area (Å²) < 4.78 is 5.28. The third-order valence-electron chi connectivity index (χ3n) is 2.70. The van der Waals surface area contributed by atoms with Gasteiger partial charge in [-0.25, -0.2) is 9.78 Å². The predicted molar refractivity (Wildman–Crippen MR) is 93.2 cm³/mol. The number of nitriles is 1. The number of aromatic nitrogens is 1. The SMILES string of the molecule is Cc1nc(N(C)C(=O)OC(C)(C)C)sc1C(=O)/C(C#N)=C/N(C)C. The van der Waals surface area contributed by atoms with Crippen molar-refractivity contribution in [3.8, 4) is 6.07 Å². The number of Topliss-reactive ketones (excluding diaryl/α,β-unsaturated/α-hetero) is 1. The molecule has 0 unspecified atom stereocenters. The molecule has 0 fully saturated rings. The molecule has 0 saturated heterocycles. The van der Waals surface area contributed by atoms with Crippen molar-refractivity contribution in [2.45, 2.75) is 33.3 Å². The quantitative estimate of drug-likeness (QED) is 0.471. The van der Waals surface area contributed by atoms with Crippen molar-refractivity contribution in [3.63, 3.8) is 0 Å². The van der Waals surface area contributed by atoms with Crippen molar-refractivity contribution in [1.82, 2.24) is 9.88 Å². The maximum atomic E-state index is 12.5. The number of amides is 1. The Balaban J connectivity index is 3.10. The summed E-state index contributed by atoms with van der Waals surface area (Å²) in [7, 11) is 4.99. The Hall–Kier alpha value is -2.40. The molecule has 0 aromatic carbocycles. The Labute approximate surface area is 146 Å². The van der Waals surface area contributed by atoms with Gasteiger partial charge in [-0.05, 0) is 27.7 Å². The number of thiazole rings is 1. The Kier molecular flexibility index (Phi) is 6.10. The first kappa shape index (κ1) is 19.6. The van der Waals surface area contributed by atoms with E-state index in [1.54, 1.807) is 46.7 Å². The van der Waals surface area contributed by atoms with Crippen molar-refractivity contribution >= 4 is 28.3 Å². The van der Waals surface area contributed by atoms with E-state index in [-0.39, 0.29) is 5.57 Å². The molecule has 24 heavy (non-hydrogen) atoms. The lowest BCUT2D eigenvalue weighted by molar-refractivity contribution is 0.0589. The van der Waals surface area contributed by atoms with E-state index in [2.05, 4.69) is 4.98 Å². The number of hydrogen-bond donors (Lipinski definition) is 0. The van der Waals surface area contributed by atoms with Gasteiger partial charge in [-0.1, -0.05) is 11.3 Å². The normalized spacial score (nSPS) is 11.7. The van der Waals surface area contributed by atoms with Gasteiger partial charge in [-0.15, -0.1) is 0 Å². The monoisotopic (exact) mass is 350 g/mol. The van der Waals surface area contributed by atoms with Crippen molar-refractivity contribution < 1.29 is 14.3 Å². The van der Waals surface area contributed by atoms with E-state index in [1.165, 1.54) is 18.1 Å². The average Bonchev–Trinajstić information content (AvgIpc) is 2.83. The Bertz CT molecular complexity index is 708. The highest BCUT2D eigenvalue weighted by Gasteiger charge is 2.25. The van der Waals surface area contributed by atoms with E-state index in [9.17, 15) is 9.59 Å². The van der Waals surface area contributed by atoms with Crippen LogP contribution in [0.3, 0.4) is 0 Å². The Morgan fingerprint density at radius 3 is 2.33 bits per heavy atom. The van der Waals surface area contributed by atoms with Crippen LogP contribution in [0.25, 0.3) is 0 Å². The number of hydrogen-bond acceptors (Lipinski definition) is 7. The van der Waals surface area contributed by atoms with Gasteiger partial charge in [-0.2, -0.15) is 5.26 Å². The minimum atomic E-state index is -0.626. The second-order valence-corrected chi connectivity index (χ2v) is 7.38. The molecule has 7 nitrogen and oxygen atoms in total. The first-order chi connectivity index (χ1) is 11.0. The van der Waals surface area contributed by atoms with Crippen LogP contribution in [0.4, 0.5) is 9.93 Å². The van der Waals surface area contributed by atoms with Gasteiger partial charge in [0.15, 0.2) is 5.13 Å². The van der Waals surface area contributed by atoms with Crippen LogP contribution in [-0.4, -0.2) is 48.5 Å². The topological polar surface area (TPSA) is 86.5 Å². The van der Waals surface area contributed by atoms with Crippen molar-refractivity contribution in [1.29, 1.82) is 5.26 Å². The maximum absolute atomic E-state index is 12.5. The summed E-state index contributed by atoms with van der Waals surface area (Å²) >= 11 is 1.05. The molecule has 0 spiro atoms. The van der Waals surface area contributed by atoms with E-state index >= 15 is 0 Å². The molecular formula is C16H22N4O3S. The summed E-state index contributed by atoms with van der Waals surface area (Å²) in [5, 5.41) is 9.50. The summed E-state index contributed by atoms with van der Waals surface area (Å²) in [5.74, 6) is -0.412. The molecule has 0 radical (unpaired) electrons. The minimum absolute atomic E-state index is 0.0122. The first-order valence-electron chi connectivity index (χ1n) is 7.23. The van der Waals surface area contributed by atoms with Crippen LogP contribution in [0.5, 0.6) is 0 Å². The van der Waals surface area contributed by atoms with Crippen LogP contribution in [0.15, 0.2) is 11.8 Å². The maximum Gasteiger partial charge on any atom is 0.416 e. The number of allylic oxidation sites excluding steroid dienone is 1. The molecule has 1 aromatic heterocycles. The standard InChI is InChI=1S/C16H22N4O3S/c1-10-13(12(21)11(8-17)9-19(5)6)24-14(18-10)20(7)15(22)23-16(2,3)4/h9H,1-7H3/b11-9+. The molecular weight excluding hydrogens is 328 g/mol. The number of nitrogens with zero attached hydrogens (tertiary/aromatic N) is 4. The first-order valence-corrected chi connectivity index (χ1v) is 8.05. The van der Waals surface area contributed by atoms with Crippen LogP contribution in [0.2, 0.25) is 0 Å². The highest BCUT2D eigenvalue weighted by molar-refractivity contribution is 7.18. The number of rotatable bonds is 4. The summed E-state index contributed by atoms with van der Waals surface area (Å²) in [4.78, 5) is 32.0. The van der Waals surface area contributed by atoms with E-state index < -0.39 is 17.5 Å². The van der Waals surface area contributed by atoms with Crippen LogP contribution in [0, 0.1) is 18.3 Å². The third kappa shape index (κ3) is 5.06. The smallest absolute Gasteiger partial charge is 0.416 e. The lowest BCUT2D eigenvalue weighted by Crippen LogP contribution is -2.34. The number of ether oxygens (including phenoxy) is 1. The van der Waals surface area contributed by atoms with Gasteiger partial charge in [0, 0.05) is 27.3 Å². The second kappa shape index (κ2) is 7.45. The van der Waals surface area contributed by atoms with Crippen LogP contribution in [-0.2, 0) is 4.74 Å². The Morgan fingerprint density at radius 2 is 1.88 bits per heavy atom. The highest BCUT2D eigenvalue weighted by atomic mass is 32.1. The zero-order valence-electron chi connectivity index (χ0n) is 15.0. The molecule has 0 aliphatic rings. The van der Waals surface area contributed by atoms with Crippen LogP contribution < -0.4 is 4.90 Å². The molecule has 0 atom stereocenters. The van der Waals surface area contributed by atoms with Gasteiger partial charge in [-0.3, -0.25) is 9.69 Å². The van der Waals surface area contributed by atoms with Gasteiger partial charge >= 0.3 is 6.09 Å². The van der Waals surface area contributed by atoms with Gasteiger partial charge in [0.2, 0.25) is 5.78 Å². The van der Waals surface area contributed by atoms with Crippen LogP contribution in [0.1, 0.15) is 36.1 Å². The van der Waals surface area contributed by atoms with Crippen molar-refractivity contribution in [2.24, 2.45) is 0 Å². The number of aryl methyl sites for hydroxylation is 1. The molecule has 0 aliphatic carbocycles. The molecule has 0 saturated carbocycles. The lowest BCUT2D eigenvalue weighted by Gasteiger charge is -2.23. The van der Waals surface area contributed by atoms with Crippen molar-refractivity contribution in [3.05, 3.63) is 22.3 Å². The van der Waals surface area contributed by atoms with Crippen LogP contribution >= 0.6 is 11.3 Å². The second-order valence-electron chi connectivity index (χ2n) is 6.40. The van der Waals surface area contributed by atoms with E-state index in [4.69, 9.17) is 10.00 Å².